The number of rotatable bonds is 5. The Morgan fingerprint density at radius 3 is 2.39 bits per heavy atom. The lowest BCUT2D eigenvalue weighted by molar-refractivity contribution is 0.549. The number of aromatic nitrogens is 1. The Morgan fingerprint density at radius 1 is 1.11 bits per heavy atom. The fourth-order valence-corrected chi connectivity index (χ4v) is 2.37. The van der Waals surface area contributed by atoms with E-state index in [1.807, 2.05) is 12.4 Å². The molecule has 1 N–H and O–H groups in total. The highest BCUT2D eigenvalue weighted by molar-refractivity contribution is 14.1. The topological polar surface area (TPSA) is 24.9 Å². The van der Waals surface area contributed by atoms with E-state index in [-0.39, 0.29) is 0 Å². The summed E-state index contributed by atoms with van der Waals surface area (Å²) in [5.41, 5.74) is 2.66. The van der Waals surface area contributed by atoms with E-state index in [9.17, 15) is 0 Å². The van der Waals surface area contributed by atoms with Gasteiger partial charge in [-0.15, -0.1) is 0 Å². The molecule has 2 aromatic rings. The van der Waals surface area contributed by atoms with Crippen LogP contribution in [0.15, 0.2) is 48.8 Å². The first-order valence-electron chi connectivity index (χ1n) is 6.17. The average Bonchev–Trinajstić information content (AvgIpc) is 2.42. The van der Waals surface area contributed by atoms with Crippen molar-refractivity contribution >= 4 is 22.6 Å². The monoisotopic (exact) mass is 352 g/mol. The van der Waals surface area contributed by atoms with Gasteiger partial charge >= 0.3 is 0 Å². The van der Waals surface area contributed by atoms with Crippen LogP contribution in [0.2, 0.25) is 0 Å². The van der Waals surface area contributed by atoms with E-state index in [2.05, 4.69) is 76.2 Å². The van der Waals surface area contributed by atoms with Crippen LogP contribution in [-0.4, -0.2) is 11.5 Å². The largest absolute Gasteiger partial charge is 0.310 e. The van der Waals surface area contributed by atoms with Gasteiger partial charge in [-0.05, 0) is 70.9 Å². The molecule has 0 fully saturated rings. The van der Waals surface area contributed by atoms with Crippen molar-refractivity contribution in [2.75, 3.05) is 6.54 Å². The summed E-state index contributed by atoms with van der Waals surface area (Å²) in [5, 5.41) is 3.53. The predicted octanol–water partition coefficient (Wildman–Crippen LogP) is 3.58. The number of halogens is 1. The van der Waals surface area contributed by atoms with E-state index < -0.39 is 0 Å². The molecule has 0 spiro atoms. The van der Waals surface area contributed by atoms with Crippen LogP contribution in [0.5, 0.6) is 0 Å². The van der Waals surface area contributed by atoms with Crippen molar-refractivity contribution in [1.29, 1.82) is 0 Å². The molecule has 0 saturated heterocycles. The zero-order valence-corrected chi connectivity index (χ0v) is 12.6. The molecule has 1 aromatic carbocycles. The molecule has 2 nitrogen and oxygen atoms in total. The predicted molar refractivity (Wildman–Crippen MR) is 83.5 cm³/mol. The Kier molecular flexibility index (Phi) is 5.13. The second-order valence-corrected chi connectivity index (χ2v) is 5.47. The molecule has 2 rings (SSSR count). The van der Waals surface area contributed by atoms with Gasteiger partial charge in [-0.1, -0.05) is 19.1 Å². The van der Waals surface area contributed by atoms with Gasteiger partial charge < -0.3 is 5.32 Å². The third kappa shape index (κ3) is 3.78. The van der Waals surface area contributed by atoms with E-state index in [0.29, 0.717) is 6.04 Å². The van der Waals surface area contributed by atoms with Gasteiger partial charge in [0.05, 0.1) is 0 Å². The summed E-state index contributed by atoms with van der Waals surface area (Å²) in [6.45, 7) is 3.11. The number of likely N-dealkylation sites (N-methyl/N-ethyl adjacent to an activating group) is 1. The molecule has 0 bridgehead atoms. The molecule has 0 amide bonds. The Morgan fingerprint density at radius 2 is 1.78 bits per heavy atom. The first kappa shape index (κ1) is 13.5. The Hall–Kier alpha value is -0.940. The van der Waals surface area contributed by atoms with Gasteiger partial charge in [0.2, 0.25) is 0 Å². The molecule has 0 aliphatic heterocycles. The maximum Gasteiger partial charge on any atom is 0.0361 e. The summed E-state index contributed by atoms with van der Waals surface area (Å²) < 4.78 is 1.28. The number of nitrogens with zero attached hydrogens (tertiary/aromatic N) is 1. The minimum absolute atomic E-state index is 0.359. The van der Waals surface area contributed by atoms with E-state index in [0.717, 1.165) is 13.0 Å². The second-order valence-electron chi connectivity index (χ2n) is 4.22. The van der Waals surface area contributed by atoms with Crippen molar-refractivity contribution < 1.29 is 0 Å². The summed E-state index contributed by atoms with van der Waals surface area (Å²) in [4.78, 5) is 4.08. The molecule has 94 valence electrons. The highest BCUT2D eigenvalue weighted by atomic mass is 127. The van der Waals surface area contributed by atoms with Crippen molar-refractivity contribution in [2.24, 2.45) is 0 Å². The minimum Gasteiger partial charge on any atom is -0.310 e. The lowest BCUT2D eigenvalue weighted by atomic mass is 10.00. The van der Waals surface area contributed by atoms with Crippen LogP contribution in [0.3, 0.4) is 0 Å². The van der Waals surface area contributed by atoms with Gasteiger partial charge in [0.15, 0.2) is 0 Å². The SMILES string of the molecule is CCNC(Cc1ccc(I)cc1)c1ccncc1. The normalized spacial score (nSPS) is 12.3. The van der Waals surface area contributed by atoms with Gasteiger partial charge in [0.25, 0.3) is 0 Å². The maximum absolute atomic E-state index is 4.08. The molecule has 1 atom stereocenters. The fourth-order valence-electron chi connectivity index (χ4n) is 2.01. The van der Waals surface area contributed by atoms with Gasteiger partial charge in [-0.3, -0.25) is 4.98 Å². The number of pyridine rings is 1. The standard InChI is InChI=1S/C15H17IN2/c1-2-18-15(13-7-9-17-10-8-13)11-12-3-5-14(16)6-4-12/h3-10,15,18H,2,11H2,1H3. The van der Waals surface area contributed by atoms with Crippen LogP contribution < -0.4 is 5.32 Å². The quantitative estimate of drug-likeness (QED) is 0.832. The number of hydrogen-bond donors (Lipinski definition) is 1. The zero-order chi connectivity index (χ0) is 12.8. The van der Waals surface area contributed by atoms with Crippen molar-refractivity contribution in [3.63, 3.8) is 0 Å². The van der Waals surface area contributed by atoms with Gasteiger partial charge in [0, 0.05) is 22.0 Å². The summed E-state index contributed by atoms with van der Waals surface area (Å²) in [7, 11) is 0. The van der Waals surface area contributed by atoms with E-state index in [1.54, 1.807) is 0 Å². The van der Waals surface area contributed by atoms with Crippen molar-refractivity contribution in [2.45, 2.75) is 19.4 Å². The van der Waals surface area contributed by atoms with Gasteiger partial charge in [-0.2, -0.15) is 0 Å². The highest BCUT2D eigenvalue weighted by Gasteiger charge is 2.10. The number of nitrogens with one attached hydrogen (secondary N) is 1. The van der Waals surface area contributed by atoms with Crippen LogP contribution in [0.4, 0.5) is 0 Å². The van der Waals surface area contributed by atoms with Gasteiger partial charge in [-0.25, -0.2) is 0 Å². The molecule has 18 heavy (non-hydrogen) atoms. The Bertz CT molecular complexity index is 468. The molecule has 1 unspecified atom stereocenters. The molecule has 3 heteroatoms. The molecule has 1 aromatic heterocycles. The number of hydrogen-bond acceptors (Lipinski definition) is 2. The summed E-state index contributed by atoms with van der Waals surface area (Å²) in [6.07, 6.45) is 4.72. The molecular weight excluding hydrogens is 335 g/mol. The van der Waals surface area contributed by atoms with E-state index in [4.69, 9.17) is 0 Å². The Labute approximate surface area is 122 Å². The third-order valence-electron chi connectivity index (χ3n) is 2.91. The molecule has 0 aliphatic carbocycles. The average molecular weight is 352 g/mol. The lowest BCUT2D eigenvalue weighted by Gasteiger charge is -2.18. The fraction of sp³-hybridized carbons (Fsp3) is 0.267. The minimum atomic E-state index is 0.359. The number of benzene rings is 1. The first-order valence-corrected chi connectivity index (χ1v) is 7.25. The second kappa shape index (κ2) is 6.85. The van der Waals surface area contributed by atoms with Crippen molar-refractivity contribution in [3.8, 4) is 0 Å². The smallest absolute Gasteiger partial charge is 0.0361 e. The van der Waals surface area contributed by atoms with Crippen LogP contribution >= 0.6 is 22.6 Å². The van der Waals surface area contributed by atoms with E-state index in [1.165, 1.54) is 14.7 Å². The van der Waals surface area contributed by atoms with Crippen molar-refractivity contribution in [1.82, 2.24) is 10.3 Å². The highest BCUT2D eigenvalue weighted by Crippen LogP contribution is 2.18. The Balaban J connectivity index is 2.14. The zero-order valence-electron chi connectivity index (χ0n) is 10.4. The van der Waals surface area contributed by atoms with Crippen LogP contribution in [0.25, 0.3) is 0 Å². The summed E-state index contributed by atoms with van der Waals surface area (Å²) in [6, 6.07) is 13.2. The lowest BCUT2D eigenvalue weighted by Crippen LogP contribution is -2.22. The summed E-state index contributed by atoms with van der Waals surface area (Å²) >= 11 is 2.33. The van der Waals surface area contributed by atoms with Crippen LogP contribution in [0, 0.1) is 3.57 Å². The van der Waals surface area contributed by atoms with Crippen LogP contribution in [0.1, 0.15) is 24.1 Å². The molecular formula is C15H17IN2. The van der Waals surface area contributed by atoms with E-state index >= 15 is 0 Å². The van der Waals surface area contributed by atoms with Gasteiger partial charge in [0.1, 0.15) is 0 Å². The summed E-state index contributed by atoms with van der Waals surface area (Å²) in [5.74, 6) is 0. The first-order chi connectivity index (χ1) is 8.79. The molecule has 0 aliphatic rings. The molecule has 0 radical (unpaired) electrons. The maximum atomic E-state index is 4.08. The molecule has 1 heterocycles. The molecule has 0 saturated carbocycles. The van der Waals surface area contributed by atoms with Crippen LogP contribution in [-0.2, 0) is 6.42 Å². The van der Waals surface area contributed by atoms with Crippen molar-refractivity contribution in [3.05, 3.63) is 63.5 Å². The third-order valence-corrected chi connectivity index (χ3v) is 3.63.